The molecule has 1 aliphatic carbocycles. The van der Waals surface area contributed by atoms with Gasteiger partial charge in [0.1, 0.15) is 0 Å². The Kier molecular flexibility index (Phi) is 4.25. The third kappa shape index (κ3) is 3.13. The molecule has 0 spiro atoms. The number of H-pyrrole nitrogens is 1. The molecule has 0 bridgehead atoms. The van der Waals surface area contributed by atoms with Gasteiger partial charge in [-0.25, -0.2) is 9.97 Å². The summed E-state index contributed by atoms with van der Waals surface area (Å²) < 4.78 is 0. The summed E-state index contributed by atoms with van der Waals surface area (Å²) in [6.45, 7) is 0. The van der Waals surface area contributed by atoms with Gasteiger partial charge in [0.15, 0.2) is 0 Å². The van der Waals surface area contributed by atoms with Gasteiger partial charge in [-0.1, -0.05) is 59.6 Å². The minimum absolute atomic E-state index is 0.156. The molecule has 4 aromatic rings. The van der Waals surface area contributed by atoms with Crippen molar-refractivity contribution in [1.29, 1.82) is 0 Å². The van der Waals surface area contributed by atoms with Gasteiger partial charge < -0.3 is 5.73 Å². The molecule has 2 heterocycles. The summed E-state index contributed by atoms with van der Waals surface area (Å²) in [5.41, 5.74) is 12.5. The third-order valence-corrected chi connectivity index (χ3v) is 5.91. The number of anilines is 1. The van der Waals surface area contributed by atoms with Crippen LogP contribution >= 0.6 is 0 Å². The van der Waals surface area contributed by atoms with E-state index in [2.05, 4.69) is 69.9 Å². The van der Waals surface area contributed by atoms with Crippen molar-refractivity contribution in [2.24, 2.45) is 5.73 Å². The molecule has 144 valence electrons. The van der Waals surface area contributed by atoms with Crippen LogP contribution in [0.2, 0.25) is 0 Å². The summed E-state index contributed by atoms with van der Waals surface area (Å²) >= 11 is 0. The van der Waals surface area contributed by atoms with Crippen LogP contribution in [0.3, 0.4) is 0 Å². The molecule has 2 aromatic heterocycles. The maximum Gasteiger partial charge on any atom is 0.391 e. The minimum Gasteiger partial charge on any atom is -0.321 e. The first-order valence-corrected chi connectivity index (χ1v) is 10.0. The molecule has 2 aromatic carbocycles. The fourth-order valence-corrected chi connectivity index (χ4v) is 3.99. The molecular weight excluding hydrogens is 358 g/mol. The van der Waals surface area contributed by atoms with E-state index >= 15 is 0 Å². The standard InChI is InChI=1S/C24H23N5/c1-26-23-27-15-18-14-20(16-6-3-2-4-7-16)21(28-22(18)29-23)17-8-10-19(11-9-17)24(25)12-5-13-24/h2-4,6-11,14-15H,5,12-13,25H2,1H3,(H,26,27,28,29)/p+1. The normalized spacial score (nSPS) is 15.1. The van der Waals surface area contributed by atoms with Crippen LogP contribution in [0.15, 0.2) is 66.9 Å². The molecule has 4 N–H and O–H groups in total. The first-order valence-electron chi connectivity index (χ1n) is 10.0. The molecule has 1 aliphatic rings. The van der Waals surface area contributed by atoms with Gasteiger partial charge in [-0.15, -0.1) is 0 Å². The maximum absolute atomic E-state index is 6.50. The van der Waals surface area contributed by atoms with Crippen LogP contribution in [-0.4, -0.2) is 17.0 Å². The van der Waals surface area contributed by atoms with E-state index in [0.717, 1.165) is 40.6 Å². The first kappa shape index (κ1) is 17.8. The SMILES string of the molecule is CNc1nc2nc(-c3ccc(C4(N)CCC4)cc3)c(-c3ccccc3)cc2c[nH+]1. The zero-order valence-electron chi connectivity index (χ0n) is 16.4. The average molecular weight is 382 g/mol. The molecule has 29 heavy (non-hydrogen) atoms. The summed E-state index contributed by atoms with van der Waals surface area (Å²) in [6.07, 6.45) is 5.26. The van der Waals surface area contributed by atoms with Crippen molar-refractivity contribution in [3.63, 3.8) is 0 Å². The highest BCUT2D eigenvalue weighted by Crippen LogP contribution is 2.40. The number of hydrogen-bond acceptors (Lipinski definition) is 4. The highest BCUT2D eigenvalue weighted by atomic mass is 15.1. The lowest BCUT2D eigenvalue weighted by Crippen LogP contribution is -2.43. The van der Waals surface area contributed by atoms with Gasteiger partial charge in [0.25, 0.3) is 0 Å². The van der Waals surface area contributed by atoms with E-state index in [1.165, 1.54) is 12.0 Å². The number of hydrogen-bond donors (Lipinski definition) is 2. The quantitative estimate of drug-likeness (QED) is 0.556. The van der Waals surface area contributed by atoms with Gasteiger partial charge in [0.2, 0.25) is 5.65 Å². The summed E-state index contributed by atoms with van der Waals surface area (Å²) in [5, 5.41) is 4.01. The summed E-state index contributed by atoms with van der Waals surface area (Å²) in [5.74, 6) is 0.689. The molecule has 5 nitrogen and oxygen atoms in total. The number of nitrogens with zero attached hydrogens (tertiary/aromatic N) is 2. The zero-order chi connectivity index (χ0) is 19.8. The van der Waals surface area contributed by atoms with E-state index in [1.54, 1.807) is 0 Å². The molecular formula is C24H24N5+. The predicted molar refractivity (Wildman–Crippen MR) is 116 cm³/mol. The minimum atomic E-state index is -0.156. The number of fused-ring (bicyclic) bond motifs is 1. The maximum atomic E-state index is 6.50. The van der Waals surface area contributed by atoms with Gasteiger partial charge in [-0.2, -0.15) is 0 Å². The van der Waals surface area contributed by atoms with Gasteiger partial charge in [-0.3, -0.25) is 5.32 Å². The molecule has 0 saturated heterocycles. The Labute approximate surface area is 170 Å². The second kappa shape index (κ2) is 6.94. The number of benzene rings is 2. The number of aromatic amines is 1. The van der Waals surface area contributed by atoms with Gasteiger partial charge in [0, 0.05) is 16.7 Å². The van der Waals surface area contributed by atoms with Gasteiger partial charge in [0.05, 0.1) is 24.3 Å². The zero-order valence-corrected chi connectivity index (χ0v) is 16.4. The molecule has 0 unspecified atom stereocenters. The van der Waals surface area contributed by atoms with Crippen molar-refractivity contribution in [3.05, 3.63) is 72.4 Å². The van der Waals surface area contributed by atoms with Gasteiger partial charge >= 0.3 is 5.95 Å². The van der Waals surface area contributed by atoms with Crippen LogP contribution in [0.4, 0.5) is 5.95 Å². The van der Waals surface area contributed by atoms with E-state index in [4.69, 9.17) is 10.7 Å². The Morgan fingerprint density at radius 3 is 2.38 bits per heavy atom. The Morgan fingerprint density at radius 1 is 0.966 bits per heavy atom. The highest BCUT2D eigenvalue weighted by molar-refractivity contribution is 5.89. The number of nitrogens with two attached hydrogens (primary N) is 1. The molecule has 1 saturated carbocycles. The van der Waals surface area contributed by atoms with Crippen molar-refractivity contribution < 1.29 is 4.98 Å². The van der Waals surface area contributed by atoms with Crippen molar-refractivity contribution in [2.75, 3.05) is 12.4 Å². The topological polar surface area (TPSA) is 78.0 Å². The first-order chi connectivity index (χ1) is 14.2. The van der Waals surface area contributed by atoms with E-state index in [0.29, 0.717) is 11.6 Å². The van der Waals surface area contributed by atoms with Crippen LogP contribution in [0.25, 0.3) is 33.4 Å². The van der Waals surface area contributed by atoms with Crippen LogP contribution in [0.5, 0.6) is 0 Å². The van der Waals surface area contributed by atoms with Gasteiger partial charge in [-0.05, 0) is 36.5 Å². The molecule has 0 aliphatic heterocycles. The number of nitrogens with one attached hydrogen (secondary N) is 2. The number of pyridine rings is 1. The van der Waals surface area contributed by atoms with Crippen molar-refractivity contribution in [2.45, 2.75) is 24.8 Å². The Balaban J connectivity index is 1.67. The summed E-state index contributed by atoms with van der Waals surface area (Å²) in [7, 11) is 1.84. The van der Waals surface area contributed by atoms with Crippen molar-refractivity contribution in [1.82, 2.24) is 9.97 Å². The van der Waals surface area contributed by atoms with Crippen LogP contribution < -0.4 is 16.0 Å². The van der Waals surface area contributed by atoms with E-state index in [9.17, 15) is 0 Å². The Hall–Kier alpha value is -3.31. The summed E-state index contributed by atoms with van der Waals surface area (Å²) in [4.78, 5) is 12.7. The molecule has 0 atom stereocenters. The number of aromatic nitrogens is 3. The largest absolute Gasteiger partial charge is 0.391 e. The lowest BCUT2D eigenvalue weighted by molar-refractivity contribution is -0.362. The molecule has 5 heteroatoms. The third-order valence-electron chi connectivity index (χ3n) is 5.91. The molecule has 0 amide bonds. The van der Waals surface area contributed by atoms with Crippen LogP contribution in [0, 0.1) is 0 Å². The fraction of sp³-hybridized carbons (Fsp3) is 0.208. The van der Waals surface area contributed by atoms with E-state index in [-0.39, 0.29) is 5.54 Å². The van der Waals surface area contributed by atoms with E-state index in [1.807, 2.05) is 19.3 Å². The lowest BCUT2D eigenvalue weighted by atomic mass is 9.72. The van der Waals surface area contributed by atoms with Crippen LogP contribution in [-0.2, 0) is 5.54 Å². The van der Waals surface area contributed by atoms with Crippen molar-refractivity contribution in [3.8, 4) is 22.4 Å². The lowest BCUT2D eigenvalue weighted by Gasteiger charge is -2.38. The smallest absolute Gasteiger partial charge is 0.321 e. The Bertz CT molecular complexity index is 1170. The Morgan fingerprint density at radius 2 is 1.72 bits per heavy atom. The highest BCUT2D eigenvalue weighted by Gasteiger charge is 2.34. The second-order valence-electron chi connectivity index (χ2n) is 7.75. The average Bonchev–Trinajstić information content (AvgIpc) is 2.77. The molecule has 1 fully saturated rings. The van der Waals surface area contributed by atoms with E-state index < -0.39 is 0 Å². The summed E-state index contributed by atoms with van der Waals surface area (Å²) in [6, 6.07) is 21.1. The monoisotopic (exact) mass is 382 g/mol. The second-order valence-corrected chi connectivity index (χ2v) is 7.75. The van der Waals surface area contributed by atoms with Crippen molar-refractivity contribution >= 4 is 17.0 Å². The fourth-order valence-electron chi connectivity index (χ4n) is 3.99. The molecule has 0 radical (unpaired) electrons. The molecule has 5 rings (SSSR count). The number of rotatable bonds is 4. The predicted octanol–water partition coefficient (Wildman–Crippen LogP) is 4.16. The van der Waals surface area contributed by atoms with Crippen LogP contribution in [0.1, 0.15) is 24.8 Å².